The highest BCUT2D eigenvalue weighted by Gasteiger charge is 2.50. The molecule has 2 N–H and O–H groups in total. The number of hydrogen-bond acceptors (Lipinski definition) is 3. The summed E-state index contributed by atoms with van der Waals surface area (Å²) >= 11 is 0. The fourth-order valence-corrected chi connectivity index (χ4v) is 3.36. The Bertz CT molecular complexity index is 514. The summed E-state index contributed by atoms with van der Waals surface area (Å²) in [4.78, 5) is 13.9. The molecule has 1 aliphatic carbocycles. The molecule has 1 aromatic rings. The highest BCUT2D eigenvalue weighted by Crippen LogP contribution is 2.42. The molecule has 1 unspecified atom stereocenters. The molecular formula is C14H17FN2O2. The van der Waals surface area contributed by atoms with Crippen molar-refractivity contribution in [3.05, 3.63) is 35.1 Å². The summed E-state index contributed by atoms with van der Waals surface area (Å²) in [6.07, 6.45) is 1.16. The number of aliphatic carboxylic acids is 1. The molecule has 0 aromatic heterocycles. The Kier molecular flexibility index (Phi) is 3.03. The van der Waals surface area contributed by atoms with E-state index in [4.69, 9.17) is 0 Å². The van der Waals surface area contributed by atoms with Gasteiger partial charge in [-0.1, -0.05) is 6.07 Å². The van der Waals surface area contributed by atoms with Crippen molar-refractivity contribution in [2.45, 2.75) is 18.4 Å². The van der Waals surface area contributed by atoms with Crippen LogP contribution in [0.15, 0.2) is 18.2 Å². The number of carbonyl (C=O) groups is 1. The standard InChI is InChI=1S/C14H17FN2O2/c15-11-1-2-12-10(9-11)3-4-14(12,13(18)19)17-7-5-16-6-8-17/h1-2,9,16H,3-8H2,(H,18,19). The minimum atomic E-state index is -0.967. The number of carboxylic acid groups (broad SMARTS) is 1. The lowest BCUT2D eigenvalue weighted by molar-refractivity contribution is -0.153. The van der Waals surface area contributed by atoms with Crippen LogP contribution < -0.4 is 5.32 Å². The molecule has 3 rings (SSSR count). The van der Waals surface area contributed by atoms with Gasteiger partial charge in [-0.25, -0.2) is 9.18 Å². The van der Waals surface area contributed by atoms with Gasteiger partial charge in [-0.3, -0.25) is 4.90 Å². The Morgan fingerprint density at radius 3 is 2.79 bits per heavy atom. The molecule has 1 aromatic carbocycles. The molecule has 0 radical (unpaired) electrons. The molecule has 0 saturated carbocycles. The monoisotopic (exact) mass is 264 g/mol. The minimum Gasteiger partial charge on any atom is -0.480 e. The lowest BCUT2D eigenvalue weighted by atomic mass is 9.89. The average molecular weight is 264 g/mol. The molecule has 0 amide bonds. The number of piperazine rings is 1. The average Bonchev–Trinajstić information content (AvgIpc) is 2.79. The Morgan fingerprint density at radius 2 is 2.11 bits per heavy atom. The molecule has 5 heteroatoms. The van der Waals surface area contributed by atoms with Gasteiger partial charge in [-0.15, -0.1) is 0 Å². The van der Waals surface area contributed by atoms with Crippen molar-refractivity contribution in [2.24, 2.45) is 0 Å². The van der Waals surface area contributed by atoms with Gasteiger partial charge >= 0.3 is 5.97 Å². The van der Waals surface area contributed by atoms with Crippen LogP contribution in [0, 0.1) is 5.82 Å². The molecular weight excluding hydrogens is 247 g/mol. The van der Waals surface area contributed by atoms with Crippen LogP contribution in [0.5, 0.6) is 0 Å². The maximum Gasteiger partial charge on any atom is 0.328 e. The third-order valence-electron chi connectivity index (χ3n) is 4.28. The first-order valence-corrected chi connectivity index (χ1v) is 6.63. The first kappa shape index (κ1) is 12.6. The summed E-state index contributed by atoms with van der Waals surface area (Å²) in [5.41, 5.74) is 0.634. The second-order valence-electron chi connectivity index (χ2n) is 5.20. The van der Waals surface area contributed by atoms with Crippen LogP contribution >= 0.6 is 0 Å². The summed E-state index contributed by atoms with van der Waals surface area (Å²) in [6, 6.07) is 4.49. The summed E-state index contributed by atoms with van der Waals surface area (Å²) in [7, 11) is 0. The molecule has 0 spiro atoms. The van der Waals surface area contributed by atoms with Gasteiger partial charge in [0.1, 0.15) is 11.4 Å². The molecule has 1 heterocycles. The third-order valence-corrected chi connectivity index (χ3v) is 4.28. The smallest absolute Gasteiger partial charge is 0.328 e. The van der Waals surface area contributed by atoms with E-state index in [-0.39, 0.29) is 5.82 Å². The van der Waals surface area contributed by atoms with Gasteiger partial charge < -0.3 is 10.4 Å². The quantitative estimate of drug-likeness (QED) is 0.835. The molecule has 2 aliphatic rings. The molecule has 102 valence electrons. The fraction of sp³-hybridized carbons (Fsp3) is 0.500. The van der Waals surface area contributed by atoms with Gasteiger partial charge in [-0.05, 0) is 36.1 Å². The van der Waals surface area contributed by atoms with Crippen molar-refractivity contribution >= 4 is 5.97 Å². The van der Waals surface area contributed by atoms with Crippen LogP contribution in [0.4, 0.5) is 4.39 Å². The van der Waals surface area contributed by atoms with E-state index in [0.29, 0.717) is 25.9 Å². The number of aryl methyl sites for hydroxylation is 1. The van der Waals surface area contributed by atoms with Crippen molar-refractivity contribution in [1.82, 2.24) is 10.2 Å². The second-order valence-corrected chi connectivity index (χ2v) is 5.20. The Labute approximate surface area is 111 Å². The van der Waals surface area contributed by atoms with Gasteiger partial charge in [0.25, 0.3) is 0 Å². The summed E-state index contributed by atoms with van der Waals surface area (Å²) < 4.78 is 13.3. The Balaban J connectivity index is 2.06. The number of rotatable bonds is 2. The van der Waals surface area contributed by atoms with E-state index in [9.17, 15) is 14.3 Å². The summed E-state index contributed by atoms with van der Waals surface area (Å²) in [5, 5.41) is 13.0. The fourth-order valence-electron chi connectivity index (χ4n) is 3.36. The number of carboxylic acids is 1. The van der Waals surface area contributed by atoms with E-state index in [0.717, 1.165) is 24.2 Å². The second kappa shape index (κ2) is 4.58. The maximum atomic E-state index is 13.3. The van der Waals surface area contributed by atoms with Crippen LogP contribution in [0.1, 0.15) is 17.5 Å². The van der Waals surface area contributed by atoms with Gasteiger partial charge in [0.05, 0.1) is 0 Å². The highest BCUT2D eigenvalue weighted by molar-refractivity contribution is 5.82. The minimum absolute atomic E-state index is 0.291. The first-order chi connectivity index (χ1) is 9.14. The van der Waals surface area contributed by atoms with Crippen molar-refractivity contribution in [3.8, 4) is 0 Å². The molecule has 0 bridgehead atoms. The zero-order valence-electron chi connectivity index (χ0n) is 10.7. The summed E-state index contributed by atoms with van der Waals surface area (Å²) in [6.45, 7) is 3.02. The van der Waals surface area contributed by atoms with Crippen molar-refractivity contribution in [3.63, 3.8) is 0 Å². The van der Waals surface area contributed by atoms with Gasteiger partial charge in [-0.2, -0.15) is 0 Å². The normalized spacial score (nSPS) is 27.2. The SMILES string of the molecule is O=C(O)C1(N2CCNCC2)CCc2cc(F)ccc21. The van der Waals surface area contributed by atoms with E-state index in [1.54, 1.807) is 6.07 Å². The van der Waals surface area contributed by atoms with Crippen LogP contribution in [0.3, 0.4) is 0 Å². The predicted octanol–water partition coefficient (Wildman–Crippen LogP) is 0.957. The molecule has 1 saturated heterocycles. The number of nitrogens with zero attached hydrogens (tertiary/aromatic N) is 1. The number of halogens is 1. The lowest BCUT2D eigenvalue weighted by Gasteiger charge is -2.41. The number of fused-ring (bicyclic) bond motifs is 1. The zero-order chi connectivity index (χ0) is 13.5. The molecule has 1 atom stereocenters. The topological polar surface area (TPSA) is 52.6 Å². The summed E-state index contributed by atoms with van der Waals surface area (Å²) in [5.74, 6) is -1.11. The predicted molar refractivity (Wildman–Crippen MR) is 68.5 cm³/mol. The molecule has 1 aliphatic heterocycles. The van der Waals surface area contributed by atoms with Crippen LogP contribution in [0.25, 0.3) is 0 Å². The van der Waals surface area contributed by atoms with Crippen LogP contribution in [0.2, 0.25) is 0 Å². The zero-order valence-corrected chi connectivity index (χ0v) is 10.7. The van der Waals surface area contributed by atoms with Crippen molar-refractivity contribution < 1.29 is 14.3 Å². The Hall–Kier alpha value is -1.46. The molecule has 4 nitrogen and oxygen atoms in total. The van der Waals surface area contributed by atoms with E-state index < -0.39 is 11.5 Å². The third kappa shape index (κ3) is 1.84. The van der Waals surface area contributed by atoms with E-state index >= 15 is 0 Å². The number of hydrogen-bond donors (Lipinski definition) is 2. The molecule has 19 heavy (non-hydrogen) atoms. The van der Waals surface area contributed by atoms with Gasteiger partial charge in [0, 0.05) is 26.2 Å². The van der Waals surface area contributed by atoms with E-state index in [1.165, 1.54) is 12.1 Å². The van der Waals surface area contributed by atoms with Gasteiger partial charge in [0.15, 0.2) is 0 Å². The van der Waals surface area contributed by atoms with E-state index in [2.05, 4.69) is 5.32 Å². The molecule has 1 fully saturated rings. The van der Waals surface area contributed by atoms with Gasteiger partial charge in [0.2, 0.25) is 0 Å². The highest BCUT2D eigenvalue weighted by atomic mass is 19.1. The van der Waals surface area contributed by atoms with Crippen LogP contribution in [-0.4, -0.2) is 42.2 Å². The maximum absolute atomic E-state index is 13.3. The largest absolute Gasteiger partial charge is 0.480 e. The van der Waals surface area contributed by atoms with Crippen molar-refractivity contribution in [2.75, 3.05) is 26.2 Å². The van der Waals surface area contributed by atoms with E-state index in [1.807, 2.05) is 4.90 Å². The number of nitrogens with one attached hydrogen (secondary N) is 1. The number of benzene rings is 1. The lowest BCUT2D eigenvalue weighted by Crippen LogP contribution is -2.57. The van der Waals surface area contributed by atoms with Crippen molar-refractivity contribution in [1.29, 1.82) is 0 Å². The first-order valence-electron chi connectivity index (χ1n) is 6.63. The Morgan fingerprint density at radius 1 is 1.37 bits per heavy atom. The van der Waals surface area contributed by atoms with Crippen LogP contribution in [-0.2, 0) is 16.8 Å².